The van der Waals surface area contributed by atoms with Crippen LogP contribution in [0.5, 0.6) is 5.75 Å². The molecule has 2 heterocycles. The molecule has 6 nitrogen and oxygen atoms in total. The third kappa shape index (κ3) is 4.71. The van der Waals surface area contributed by atoms with Crippen molar-refractivity contribution in [2.24, 2.45) is 5.92 Å². The molecule has 0 aliphatic carbocycles. The number of ether oxygens (including phenoxy) is 1. The maximum absolute atomic E-state index is 12.6. The van der Waals surface area contributed by atoms with Crippen LogP contribution in [0.25, 0.3) is 0 Å². The minimum Gasteiger partial charge on any atom is -0.497 e. The topological polar surface area (TPSA) is 65.6 Å². The molecular formula is C23H30N4O2. The highest BCUT2D eigenvalue weighted by Gasteiger charge is 2.34. The summed E-state index contributed by atoms with van der Waals surface area (Å²) in [5.74, 6) is 1.32. The Balaban J connectivity index is 1.27. The fourth-order valence-electron chi connectivity index (χ4n) is 4.40. The molecular weight excluding hydrogens is 364 g/mol. The number of benzene rings is 2. The summed E-state index contributed by atoms with van der Waals surface area (Å²) in [6.45, 7) is 3.71. The number of hydrogen-bond acceptors (Lipinski definition) is 4. The van der Waals surface area contributed by atoms with Crippen molar-refractivity contribution < 1.29 is 9.53 Å². The number of piperidine rings is 1. The van der Waals surface area contributed by atoms with Gasteiger partial charge >= 0.3 is 6.03 Å². The van der Waals surface area contributed by atoms with Gasteiger partial charge in [-0.25, -0.2) is 4.79 Å². The molecule has 2 aromatic carbocycles. The minimum absolute atomic E-state index is 0.0353. The highest BCUT2D eigenvalue weighted by molar-refractivity contribution is 5.89. The first-order chi connectivity index (χ1) is 14.1. The molecule has 0 bridgehead atoms. The summed E-state index contributed by atoms with van der Waals surface area (Å²) in [6.07, 6.45) is 3.13. The van der Waals surface area contributed by atoms with Crippen molar-refractivity contribution in [1.29, 1.82) is 0 Å². The Hall–Kier alpha value is -2.57. The van der Waals surface area contributed by atoms with E-state index in [9.17, 15) is 4.79 Å². The number of anilines is 1. The fraction of sp³-hybridized carbons (Fsp3) is 0.435. The van der Waals surface area contributed by atoms with Crippen LogP contribution in [-0.4, -0.2) is 37.2 Å². The summed E-state index contributed by atoms with van der Waals surface area (Å²) in [5.41, 5.74) is 10.4. The summed E-state index contributed by atoms with van der Waals surface area (Å²) in [6, 6.07) is 16.9. The lowest BCUT2D eigenvalue weighted by Gasteiger charge is -2.34. The molecule has 2 amide bonds. The van der Waals surface area contributed by atoms with Crippen molar-refractivity contribution in [2.75, 3.05) is 25.5 Å². The van der Waals surface area contributed by atoms with E-state index in [0.717, 1.165) is 43.8 Å². The number of amides is 2. The average molecular weight is 395 g/mol. The molecule has 4 rings (SSSR count). The van der Waals surface area contributed by atoms with E-state index in [2.05, 4.69) is 47.4 Å². The van der Waals surface area contributed by atoms with Crippen molar-refractivity contribution in [3.8, 4) is 5.75 Å². The van der Waals surface area contributed by atoms with Gasteiger partial charge in [-0.3, -0.25) is 10.9 Å². The predicted molar refractivity (Wildman–Crippen MR) is 115 cm³/mol. The third-order valence-electron chi connectivity index (χ3n) is 6.09. The predicted octanol–water partition coefficient (Wildman–Crippen LogP) is 3.86. The Morgan fingerprint density at radius 1 is 1.10 bits per heavy atom. The minimum atomic E-state index is -0.0353. The summed E-state index contributed by atoms with van der Waals surface area (Å²) >= 11 is 0. The molecule has 6 heteroatoms. The summed E-state index contributed by atoms with van der Waals surface area (Å²) in [5, 5.41) is 2.98. The van der Waals surface area contributed by atoms with Gasteiger partial charge in [0, 0.05) is 36.9 Å². The Morgan fingerprint density at radius 3 is 2.66 bits per heavy atom. The number of likely N-dealkylation sites (tertiary alicyclic amines) is 1. The van der Waals surface area contributed by atoms with Crippen molar-refractivity contribution >= 4 is 11.7 Å². The molecule has 2 atom stereocenters. The number of carbonyl (C=O) groups is 1. The Bertz CT molecular complexity index is 848. The fourth-order valence-corrected chi connectivity index (χ4v) is 4.40. The zero-order valence-electron chi connectivity index (χ0n) is 17.2. The number of hydrazine groups is 1. The number of carbonyl (C=O) groups excluding carboxylic acids is 1. The normalized spacial score (nSPS) is 22.5. The quantitative estimate of drug-likeness (QED) is 0.737. The smallest absolute Gasteiger partial charge is 0.321 e. The molecule has 2 unspecified atom stereocenters. The maximum Gasteiger partial charge on any atom is 0.321 e. The van der Waals surface area contributed by atoms with Crippen LogP contribution in [-0.2, 0) is 0 Å². The first kappa shape index (κ1) is 19.7. The van der Waals surface area contributed by atoms with Gasteiger partial charge in [-0.05, 0) is 49.8 Å². The molecule has 154 valence electrons. The van der Waals surface area contributed by atoms with E-state index in [4.69, 9.17) is 4.74 Å². The molecule has 2 aliphatic rings. The van der Waals surface area contributed by atoms with Crippen molar-refractivity contribution in [2.45, 2.75) is 38.3 Å². The molecule has 3 N–H and O–H groups in total. The van der Waals surface area contributed by atoms with Gasteiger partial charge < -0.3 is 15.0 Å². The monoisotopic (exact) mass is 394 g/mol. The van der Waals surface area contributed by atoms with E-state index in [0.29, 0.717) is 18.0 Å². The van der Waals surface area contributed by atoms with Crippen LogP contribution in [0.3, 0.4) is 0 Å². The molecule has 2 aliphatic heterocycles. The zero-order valence-corrected chi connectivity index (χ0v) is 17.2. The van der Waals surface area contributed by atoms with Gasteiger partial charge in [0.25, 0.3) is 0 Å². The zero-order chi connectivity index (χ0) is 20.2. The lowest BCUT2D eigenvalue weighted by molar-refractivity contribution is 0.169. The first-order valence-corrected chi connectivity index (χ1v) is 10.4. The van der Waals surface area contributed by atoms with Crippen molar-refractivity contribution in [1.82, 2.24) is 15.8 Å². The Labute approximate surface area is 172 Å². The second-order valence-corrected chi connectivity index (χ2v) is 8.08. The molecule has 2 saturated heterocycles. The van der Waals surface area contributed by atoms with Crippen LogP contribution in [0, 0.1) is 12.8 Å². The summed E-state index contributed by atoms with van der Waals surface area (Å²) < 4.78 is 5.22. The standard InChI is InChI=1S/C23H30N4O2/c1-16-5-3-6-18(13-16)22-15-21(25-26-22)17-9-11-27(12-10-17)23(28)24-19-7-4-8-20(14-19)29-2/h3-8,13-14,17,21-22,25-26H,9-12,15H2,1-2H3,(H,24,28). The van der Waals surface area contributed by atoms with Crippen LogP contribution in [0.15, 0.2) is 48.5 Å². The van der Waals surface area contributed by atoms with E-state index in [1.165, 1.54) is 11.1 Å². The molecule has 2 fully saturated rings. The van der Waals surface area contributed by atoms with E-state index >= 15 is 0 Å². The highest BCUT2D eigenvalue weighted by Crippen LogP contribution is 2.31. The van der Waals surface area contributed by atoms with E-state index < -0.39 is 0 Å². The van der Waals surface area contributed by atoms with E-state index in [-0.39, 0.29) is 6.03 Å². The van der Waals surface area contributed by atoms with Crippen LogP contribution < -0.4 is 20.9 Å². The van der Waals surface area contributed by atoms with Gasteiger partial charge in [0.15, 0.2) is 0 Å². The van der Waals surface area contributed by atoms with Gasteiger partial charge in [-0.15, -0.1) is 0 Å². The largest absolute Gasteiger partial charge is 0.497 e. The summed E-state index contributed by atoms with van der Waals surface area (Å²) in [4.78, 5) is 14.5. The van der Waals surface area contributed by atoms with Crippen LogP contribution in [0.1, 0.15) is 36.4 Å². The lowest BCUT2D eigenvalue weighted by atomic mass is 9.86. The SMILES string of the molecule is COc1cccc(NC(=O)N2CCC(C3CC(c4cccc(C)c4)NN3)CC2)c1. The number of urea groups is 1. The lowest BCUT2D eigenvalue weighted by Crippen LogP contribution is -2.45. The van der Waals surface area contributed by atoms with Gasteiger partial charge in [-0.1, -0.05) is 35.9 Å². The second-order valence-electron chi connectivity index (χ2n) is 8.08. The Morgan fingerprint density at radius 2 is 1.90 bits per heavy atom. The third-order valence-corrected chi connectivity index (χ3v) is 6.09. The Kier molecular flexibility index (Phi) is 6.02. The van der Waals surface area contributed by atoms with Crippen LogP contribution in [0.2, 0.25) is 0 Å². The number of nitrogens with zero attached hydrogens (tertiary/aromatic N) is 1. The van der Waals surface area contributed by atoms with Gasteiger partial charge in [0.2, 0.25) is 0 Å². The maximum atomic E-state index is 12.6. The van der Waals surface area contributed by atoms with Crippen LogP contribution in [0.4, 0.5) is 10.5 Å². The van der Waals surface area contributed by atoms with Crippen molar-refractivity contribution in [3.05, 3.63) is 59.7 Å². The van der Waals surface area contributed by atoms with E-state index in [1.54, 1.807) is 7.11 Å². The molecule has 0 spiro atoms. The second kappa shape index (κ2) is 8.84. The number of aryl methyl sites for hydroxylation is 1. The number of methoxy groups -OCH3 is 1. The number of nitrogens with one attached hydrogen (secondary N) is 3. The van der Waals surface area contributed by atoms with Crippen molar-refractivity contribution in [3.63, 3.8) is 0 Å². The van der Waals surface area contributed by atoms with Gasteiger partial charge in [-0.2, -0.15) is 0 Å². The highest BCUT2D eigenvalue weighted by atomic mass is 16.5. The van der Waals surface area contributed by atoms with Crippen LogP contribution >= 0.6 is 0 Å². The average Bonchev–Trinajstić information content (AvgIpc) is 3.24. The number of rotatable bonds is 4. The number of hydrogen-bond donors (Lipinski definition) is 3. The van der Waals surface area contributed by atoms with Gasteiger partial charge in [0.1, 0.15) is 5.75 Å². The molecule has 0 aromatic heterocycles. The first-order valence-electron chi connectivity index (χ1n) is 10.4. The van der Waals surface area contributed by atoms with E-state index in [1.807, 2.05) is 29.2 Å². The molecule has 0 radical (unpaired) electrons. The molecule has 29 heavy (non-hydrogen) atoms. The van der Waals surface area contributed by atoms with Gasteiger partial charge in [0.05, 0.1) is 7.11 Å². The molecule has 2 aromatic rings. The summed E-state index contributed by atoms with van der Waals surface area (Å²) in [7, 11) is 1.63. The molecule has 0 saturated carbocycles.